The maximum Gasteiger partial charge on any atom is 0.324 e. The zero-order chi connectivity index (χ0) is 12.7. The first-order valence-electron chi connectivity index (χ1n) is 5.32. The Kier molecular flexibility index (Phi) is 2.86. The zero-order valence-electron chi connectivity index (χ0n) is 9.18. The zero-order valence-corrected chi connectivity index (χ0v) is 9.99. The molecule has 7 nitrogen and oxygen atoms in total. The molecule has 2 saturated heterocycles. The topological polar surface area (TPSA) is 104 Å². The predicted octanol–water partition coefficient (Wildman–Crippen LogP) is -1.24. The summed E-state index contributed by atoms with van der Waals surface area (Å²) in [4.78, 5) is 22.1. The summed E-state index contributed by atoms with van der Waals surface area (Å²) in [5.74, 6) is -1.28. The van der Waals surface area contributed by atoms with E-state index in [-0.39, 0.29) is 23.8 Å². The molecule has 0 aromatic rings. The molecule has 1 amide bonds. The summed E-state index contributed by atoms with van der Waals surface area (Å²) >= 11 is 0. The number of carboxylic acid groups (broad SMARTS) is 1. The smallest absolute Gasteiger partial charge is 0.324 e. The number of amides is 1. The summed E-state index contributed by atoms with van der Waals surface area (Å²) in [5.41, 5.74) is 2.31. The van der Waals surface area contributed by atoms with Crippen molar-refractivity contribution in [3.05, 3.63) is 0 Å². The average molecular weight is 262 g/mol. The number of hydrogen-bond donors (Lipinski definition) is 2. The summed E-state index contributed by atoms with van der Waals surface area (Å²) in [6, 6.07) is 0. The van der Waals surface area contributed by atoms with Crippen LogP contribution in [0.3, 0.4) is 0 Å². The quantitative estimate of drug-likeness (QED) is 0.645. The Balaban J connectivity index is 2.06. The molecule has 17 heavy (non-hydrogen) atoms. The molecule has 0 bridgehead atoms. The third kappa shape index (κ3) is 2.58. The fraction of sp³-hybridized carbons (Fsp3) is 0.778. The Bertz CT molecular complexity index is 444. The van der Waals surface area contributed by atoms with E-state index in [0.29, 0.717) is 12.8 Å². The van der Waals surface area contributed by atoms with Gasteiger partial charge in [0, 0.05) is 12.0 Å². The lowest BCUT2D eigenvalue weighted by atomic mass is 9.91. The number of carboxylic acids is 1. The van der Waals surface area contributed by atoms with Crippen LogP contribution in [0, 0.1) is 0 Å². The second-order valence-electron chi connectivity index (χ2n) is 4.59. The Morgan fingerprint density at radius 3 is 2.53 bits per heavy atom. The predicted molar refractivity (Wildman–Crippen MR) is 57.7 cm³/mol. The van der Waals surface area contributed by atoms with Crippen molar-refractivity contribution in [2.45, 2.75) is 24.8 Å². The van der Waals surface area contributed by atoms with Crippen molar-refractivity contribution in [1.29, 1.82) is 0 Å². The van der Waals surface area contributed by atoms with E-state index in [1.807, 2.05) is 0 Å². The van der Waals surface area contributed by atoms with E-state index in [2.05, 4.69) is 5.43 Å². The first-order chi connectivity index (χ1) is 7.82. The number of sulfone groups is 1. The van der Waals surface area contributed by atoms with Crippen molar-refractivity contribution >= 4 is 21.7 Å². The molecule has 0 unspecified atom stereocenters. The van der Waals surface area contributed by atoms with Gasteiger partial charge in [0.05, 0.1) is 11.5 Å². The number of hydrazine groups is 1. The molecule has 0 aromatic carbocycles. The Labute approximate surface area is 98.7 Å². The second-order valence-corrected chi connectivity index (χ2v) is 6.90. The van der Waals surface area contributed by atoms with E-state index in [1.54, 1.807) is 0 Å². The van der Waals surface area contributed by atoms with Gasteiger partial charge in [0.1, 0.15) is 16.4 Å². The maximum atomic E-state index is 11.6. The molecule has 96 valence electrons. The minimum Gasteiger partial charge on any atom is -0.480 e. The number of aliphatic carboxylic acids is 1. The number of carbonyl (C=O) groups is 2. The van der Waals surface area contributed by atoms with Crippen LogP contribution in [-0.4, -0.2) is 54.0 Å². The van der Waals surface area contributed by atoms with Gasteiger partial charge in [-0.2, -0.15) is 0 Å². The summed E-state index contributed by atoms with van der Waals surface area (Å²) in [7, 11) is -2.99. The van der Waals surface area contributed by atoms with Crippen LogP contribution in [-0.2, 0) is 19.4 Å². The van der Waals surface area contributed by atoms with Gasteiger partial charge in [-0.15, -0.1) is 0 Å². The fourth-order valence-corrected chi connectivity index (χ4v) is 3.86. The molecule has 8 heteroatoms. The van der Waals surface area contributed by atoms with Crippen LogP contribution in [0.5, 0.6) is 0 Å². The SMILES string of the molecule is O=C(O)CN1NC2(CCS(=O)(=O)CC2)CC1=O. The van der Waals surface area contributed by atoms with Crippen LogP contribution >= 0.6 is 0 Å². The molecule has 0 aromatic heterocycles. The van der Waals surface area contributed by atoms with Crippen molar-refractivity contribution in [2.24, 2.45) is 0 Å². The minimum absolute atomic E-state index is 0.0498. The number of nitrogens with one attached hydrogen (secondary N) is 1. The van der Waals surface area contributed by atoms with Gasteiger partial charge in [0.2, 0.25) is 5.91 Å². The van der Waals surface area contributed by atoms with Gasteiger partial charge in [-0.05, 0) is 12.8 Å². The normalized spacial score (nSPS) is 26.4. The van der Waals surface area contributed by atoms with Crippen molar-refractivity contribution < 1.29 is 23.1 Å². The van der Waals surface area contributed by atoms with E-state index in [4.69, 9.17) is 5.11 Å². The molecule has 0 saturated carbocycles. The van der Waals surface area contributed by atoms with Crippen molar-refractivity contribution in [3.8, 4) is 0 Å². The minimum atomic E-state index is -2.99. The van der Waals surface area contributed by atoms with E-state index < -0.39 is 27.9 Å². The van der Waals surface area contributed by atoms with E-state index in [1.165, 1.54) is 0 Å². The van der Waals surface area contributed by atoms with Gasteiger partial charge in [0.25, 0.3) is 0 Å². The lowest BCUT2D eigenvalue weighted by Gasteiger charge is -2.32. The number of rotatable bonds is 2. The molecule has 2 N–H and O–H groups in total. The highest BCUT2D eigenvalue weighted by Crippen LogP contribution is 2.31. The third-order valence-electron chi connectivity index (χ3n) is 3.24. The van der Waals surface area contributed by atoms with E-state index in [0.717, 1.165) is 5.01 Å². The van der Waals surface area contributed by atoms with Crippen LogP contribution in [0.25, 0.3) is 0 Å². The molecule has 2 rings (SSSR count). The standard InChI is InChI=1S/C9H14N2O5S/c12-7-5-9(10-11(7)6-8(13)14)1-3-17(15,16)4-2-9/h10H,1-6H2,(H,13,14). The summed E-state index contributed by atoms with van der Waals surface area (Å²) in [6.07, 6.45) is 0.893. The average Bonchev–Trinajstić information content (AvgIpc) is 2.49. The van der Waals surface area contributed by atoms with Crippen LogP contribution in [0.1, 0.15) is 19.3 Å². The Morgan fingerprint density at radius 2 is 2.00 bits per heavy atom. The molecule has 2 aliphatic rings. The van der Waals surface area contributed by atoms with Gasteiger partial charge >= 0.3 is 5.97 Å². The number of carbonyl (C=O) groups excluding carboxylic acids is 1. The Hall–Kier alpha value is -1.15. The maximum absolute atomic E-state index is 11.6. The van der Waals surface area contributed by atoms with Crippen LogP contribution in [0.2, 0.25) is 0 Å². The number of hydrogen-bond acceptors (Lipinski definition) is 5. The monoisotopic (exact) mass is 262 g/mol. The van der Waals surface area contributed by atoms with Crippen molar-refractivity contribution in [1.82, 2.24) is 10.4 Å². The molecule has 0 aliphatic carbocycles. The lowest BCUT2D eigenvalue weighted by Crippen LogP contribution is -2.51. The highest BCUT2D eigenvalue weighted by atomic mass is 32.2. The molecule has 0 atom stereocenters. The van der Waals surface area contributed by atoms with E-state index in [9.17, 15) is 18.0 Å². The molecular weight excluding hydrogens is 248 g/mol. The first kappa shape index (κ1) is 12.3. The summed E-state index contributed by atoms with van der Waals surface area (Å²) < 4.78 is 22.6. The molecule has 2 fully saturated rings. The molecular formula is C9H14N2O5S. The second kappa shape index (κ2) is 3.95. The van der Waals surface area contributed by atoms with Gasteiger partial charge in [-0.3, -0.25) is 14.6 Å². The van der Waals surface area contributed by atoms with Crippen molar-refractivity contribution in [2.75, 3.05) is 18.1 Å². The summed E-state index contributed by atoms with van der Waals surface area (Å²) in [6.45, 7) is -0.396. The number of nitrogens with zero attached hydrogens (tertiary/aromatic N) is 1. The summed E-state index contributed by atoms with van der Waals surface area (Å²) in [5, 5.41) is 9.70. The Morgan fingerprint density at radius 1 is 1.41 bits per heavy atom. The molecule has 2 aliphatic heterocycles. The fourth-order valence-electron chi connectivity index (χ4n) is 2.25. The van der Waals surface area contributed by atoms with Crippen LogP contribution in [0.4, 0.5) is 0 Å². The van der Waals surface area contributed by atoms with Gasteiger partial charge < -0.3 is 5.11 Å². The molecule has 2 heterocycles. The van der Waals surface area contributed by atoms with Crippen LogP contribution < -0.4 is 5.43 Å². The van der Waals surface area contributed by atoms with Gasteiger partial charge in [-0.1, -0.05) is 0 Å². The van der Waals surface area contributed by atoms with Crippen LogP contribution in [0.15, 0.2) is 0 Å². The van der Waals surface area contributed by atoms with Gasteiger partial charge in [0.15, 0.2) is 0 Å². The van der Waals surface area contributed by atoms with Gasteiger partial charge in [-0.25, -0.2) is 13.8 Å². The molecule has 1 spiro atoms. The first-order valence-corrected chi connectivity index (χ1v) is 7.15. The van der Waals surface area contributed by atoms with E-state index >= 15 is 0 Å². The highest BCUT2D eigenvalue weighted by Gasteiger charge is 2.46. The van der Waals surface area contributed by atoms with Crippen molar-refractivity contribution in [3.63, 3.8) is 0 Å². The highest BCUT2D eigenvalue weighted by molar-refractivity contribution is 7.91. The molecule has 0 radical (unpaired) electrons. The largest absolute Gasteiger partial charge is 0.480 e. The lowest BCUT2D eigenvalue weighted by molar-refractivity contribution is -0.144. The third-order valence-corrected chi connectivity index (χ3v) is 4.89.